The highest BCUT2D eigenvalue weighted by Crippen LogP contribution is 2.33. The minimum absolute atomic E-state index is 0.305. The third kappa shape index (κ3) is 4.04. The van der Waals surface area contributed by atoms with E-state index in [0.29, 0.717) is 0 Å². The second kappa shape index (κ2) is 7.62. The fourth-order valence-corrected chi connectivity index (χ4v) is 4.00. The number of hydrogen-bond donors (Lipinski definition) is 0. The molecule has 2 nitrogen and oxygen atoms in total. The first-order valence-corrected chi connectivity index (χ1v) is 7.96. The Labute approximate surface area is 120 Å². The van der Waals surface area contributed by atoms with Crippen molar-refractivity contribution < 1.29 is 9.53 Å². The molecule has 0 aromatic heterocycles. The molecule has 0 spiro atoms. The van der Waals surface area contributed by atoms with E-state index in [1.54, 1.807) is 0 Å². The van der Waals surface area contributed by atoms with Crippen LogP contribution < -0.4 is 10.6 Å². The minimum Gasteiger partial charge on any atom is -0.466 e. The number of hydrogen-bond acceptors (Lipinski definition) is 2. The van der Waals surface area contributed by atoms with Gasteiger partial charge in [0.05, 0.1) is 7.11 Å². The van der Waals surface area contributed by atoms with Crippen molar-refractivity contribution in [1.82, 2.24) is 0 Å². The largest absolute Gasteiger partial charge is 0.466 e. The number of allylic oxidation sites excluding steroid dienone is 1. The molecule has 2 aromatic rings. The molecular weight excluding hydrogens is 267 g/mol. The molecule has 0 amide bonds. The molecule has 0 N–H and O–H groups in total. The van der Waals surface area contributed by atoms with Gasteiger partial charge in [0.15, 0.2) is 0 Å². The van der Waals surface area contributed by atoms with E-state index in [9.17, 15) is 4.79 Å². The molecule has 20 heavy (non-hydrogen) atoms. The maximum absolute atomic E-state index is 11.2. The van der Waals surface area contributed by atoms with E-state index in [4.69, 9.17) is 0 Å². The summed E-state index contributed by atoms with van der Waals surface area (Å²) in [5.74, 6) is -0.305. The van der Waals surface area contributed by atoms with Crippen LogP contribution in [0.2, 0.25) is 0 Å². The second-order valence-electron chi connectivity index (χ2n) is 4.21. The highest BCUT2D eigenvalue weighted by Gasteiger charge is 2.11. The van der Waals surface area contributed by atoms with E-state index < -0.39 is 7.92 Å². The molecule has 0 radical (unpaired) electrons. The van der Waals surface area contributed by atoms with Gasteiger partial charge >= 0.3 is 5.97 Å². The normalized spacial score (nSPS) is 10.9. The fraction of sp³-hybridized carbons (Fsp3) is 0.118. The number of esters is 1. The smallest absolute Gasteiger partial charge is 0.330 e. The molecule has 0 aliphatic rings. The summed E-state index contributed by atoms with van der Waals surface area (Å²) in [7, 11) is 0.912. The molecule has 0 bridgehead atoms. The lowest BCUT2D eigenvalue weighted by Crippen LogP contribution is -2.13. The summed E-state index contributed by atoms with van der Waals surface area (Å²) in [4.78, 5) is 11.2. The molecule has 0 aliphatic heterocycles. The average Bonchev–Trinajstić information content (AvgIpc) is 2.53. The van der Waals surface area contributed by atoms with Crippen molar-refractivity contribution in [2.75, 3.05) is 13.3 Å². The lowest BCUT2D eigenvalue weighted by molar-refractivity contribution is -0.134. The van der Waals surface area contributed by atoms with Crippen molar-refractivity contribution in [2.24, 2.45) is 0 Å². The van der Waals surface area contributed by atoms with Crippen molar-refractivity contribution in [3.63, 3.8) is 0 Å². The predicted molar refractivity (Wildman–Crippen MR) is 85.1 cm³/mol. The van der Waals surface area contributed by atoms with Crippen LogP contribution >= 0.6 is 7.92 Å². The van der Waals surface area contributed by atoms with Crippen LogP contribution in [0.15, 0.2) is 72.8 Å². The van der Waals surface area contributed by atoms with Crippen LogP contribution in [0.3, 0.4) is 0 Å². The van der Waals surface area contributed by atoms with Gasteiger partial charge in [-0.2, -0.15) is 0 Å². The van der Waals surface area contributed by atoms with Gasteiger partial charge in [-0.1, -0.05) is 66.7 Å². The summed E-state index contributed by atoms with van der Waals surface area (Å²) < 4.78 is 4.62. The Kier molecular flexibility index (Phi) is 5.52. The van der Waals surface area contributed by atoms with Crippen molar-refractivity contribution in [2.45, 2.75) is 0 Å². The average molecular weight is 284 g/mol. The molecule has 0 fully saturated rings. The van der Waals surface area contributed by atoms with Crippen LogP contribution in [0.25, 0.3) is 0 Å². The Morgan fingerprint density at radius 2 is 1.50 bits per heavy atom. The van der Waals surface area contributed by atoms with Crippen LogP contribution in [0, 0.1) is 0 Å². The summed E-state index contributed by atoms with van der Waals surface area (Å²) >= 11 is 0. The molecule has 0 saturated carbocycles. The van der Waals surface area contributed by atoms with E-state index in [2.05, 4.69) is 53.3 Å². The topological polar surface area (TPSA) is 26.3 Å². The van der Waals surface area contributed by atoms with Gasteiger partial charge in [0.1, 0.15) is 0 Å². The van der Waals surface area contributed by atoms with E-state index in [1.807, 2.05) is 18.2 Å². The highest BCUT2D eigenvalue weighted by molar-refractivity contribution is 7.73. The molecule has 2 aromatic carbocycles. The summed E-state index contributed by atoms with van der Waals surface area (Å²) in [6.45, 7) is 0. The third-order valence-corrected chi connectivity index (χ3v) is 5.30. The Balaban J connectivity index is 2.22. The zero-order valence-corrected chi connectivity index (χ0v) is 12.3. The maximum atomic E-state index is 11.2. The van der Waals surface area contributed by atoms with Gasteiger partial charge < -0.3 is 4.74 Å². The van der Waals surface area contributed by atoms with Gasteiger partial charge in [0.25, 0.3) is 0 Å². The fourth-order valence-electron chi connectivity index (χ4n) is 1.90. The van der Waals surface area contributed by atoms with Crippen molar-refractivity contribution in [3.8, 4) is 0 Å². The number of carbonyl (C=O) groups is 1. The monoisotopic (exact) mass is 284 g/mol. The van der Waals surface area contributed by atoms with Crippen LogP contribution in [0.4, 0.5) is 0 Å². The zero-order valence-electron chi connectivity index (χ0n) is 11.4. The quantitative estimate of drug-likeness (QED) is 0.479. The highest BCUT2D eigenvalue weighted by atomic mass is 31.1. The number of ether oxygens (including phenoxy) is 1. The zero-order chi connectivity index (χ0) is 14.2. The lowest BCUT2D eigenvalue weighted by atomic mass is 10.4. The Bertz CT molecular complexity index is 525. The predicted octanol–water partition coefficient (Wildman–Crippen LogP) is 2.85. The molecule has 102 valence electrons. The summed E-state index contributed by atoms with van der Waals surface area (Å²) in [6, 6.07) is 20.8. The van der Waals surface area contributed by atoms with Gasteiger partial charge in [-0.3, -0.25) is 0 Å². The first-order valence-electron chi connectivity index (χ1n) is 6.43. The first kappa shape index (κ1) is 14.5. The van der Waals surface area contributed by atoms with Crippen molar-refractivity contribution in [3.05, 3.63) is 72.8 Å². The molecule has 0 unspecified atom stereocenters. The molecule has 3 heteroatoms. The number of methoxy groups -OCH3 is 1. The summed E-state index contributed by atoms with van der Waals surface area (Å²) in [6.07, 6.45) is 4.23. The van der Waals surface area contributed by atoms with Crippen molar-refractivity contribution >= 4 is 24.5 Å². The maximum Gasteiger partial charge on any atom is 0.330 e. The summed E-state index contributed by atoms with van der Waals surface area (Å²) in [5.41, 5.74) is 0. The molecular formula is C17H17O2P. The minimum atomic E-state index is -0.481. The second-order valence-corrected chi connectivity index (χ2v) is 6.46. The molecule has 2 rings (SSSR count). The van der Waals surface area contributed by atoms with Crippen molar-refractivity contribution in [1.29, 1.82) is 0 Å². The molecule has 0 atom stereocenters. The third-order valence-electron chi connectivity index (χ3n) is 2.88. The van der Waals surface area contributed by atoms with E-state index in [-0.39, 0.29) is 5.97 Å². The van der Waals surface area contributed by atoms with Crippen LogP contribution in [0.5, 0.6) is 0 Å². The Morgan fingerprint density at radius 1 is 1.00 bits per heavy atom. The molecule has 0 aliphatic carbocycles. The van der Waals surface area contributed by atoms with Gasteiger partial charge in [0, 0.05) is 6.08 Å². The van der Waals surface area contributed by atoms with Crippen LogP contribution in [-0.4, -0.2) is 19.2 Å². The lowest BCUT2D eigenvalue weighted by Gasteiger charge is -2.16. The van der Waals surface area contributed by atoms with Crippen LogP contribution in [-0.2, 0) is 9.53 Å². The summed E-state index contributed by atoms with van der Waals surface area (Å²) in [5, 5.41) is 2.62. The molecule has 0 heterocycles. The first-order chi connectivity index (χ1) is 9.81. The number of carbonyl (C=O) groups excluding carboxylic acids is 1. The van der Waals surface area contributed by atoms with Gasteiger partial charge in [-0.15, -0.1) is 0 Å². The van der Waals surface area contributed by atoms with E-state index in [0.717, 1.165) is 6.16 Å². The number of benzene rings is 2. The van der Waals surface area contributed by atoms with E-state index >= 15 is 0 Å². The van der Waals surface area contributed by atoms with E-state index in [1.165, 1.54) is 23.8 Å². The SMILES string of the molecule is COC(=O)/C=C\CP(c1ccccc1)c1ccccc1. The Hall–Kier alpha value is -1.92. The van der Waals surface area contributed by atoms with Gasteiger partial charge in [-0.05, 0) is 24.7 Å². The Morgan fingerprint density at radius 3 is 1.95 bits per heavy atom. The number of rotatable bonds is 5. The van der Waals surface area contributed by atoms with Crippen LogP contribution in [0.1, 0.15) is 0 Å². The van der Waals surface area contributed by atoms with Gasteiger partial charge in [-0.25, -0.2) is 4.79 Å². The van der Waals surface area contributed by atoms with Gasteiger partial charge in [0.2, 0.25) is 0 Å². The standard InChI is InChI=1S/C17H17O2P/c1-19-17(18)13-8-14-20(15-9-4-2-5-10-15)16-11-6-3-7-12-16/h2-13H,14H2,1H3/b13-8-. The molecule has 0 saturated heterocycles.